The Morgan fingerprint density at radius 1 is 1.30 bits per heavy atom. The van der Waals surface area contributed by atoms with E-state index in [9.17, 15) is 0 Å². The van der Waals surface area contributed by atoms with Crippen LogP contribution in [0.15, 0.2) is 41.8 Å². The monoisotopic (exact) mass is 328 g/mol. The smallest absolute Gasteiger partial charge is 0.253 e. The lowest BCUT2D eigenvalue weighted by Gasteiger charge is -2.12. The number of thioether (sulfide) groups is 1. The number of nitrogens with zero attached hydrogens (tertiary/aromatic N) is 4. The number of rotatable bonds is 6. The van der Waals surface area contributed by atoms with Crippen LogP contribution in [-0.2, 0) is 0 Å². The van der Waals surface area contributed by atoms with Crippen molar-refractivity contribution in [2.45, 2.75) is 31.8 Å². The lowest BCUT2D eigenvalue weighted by atomic mass is 9.98. The number of ether oxygens (including phenoxy) is 1. The molecule has 5 nitrogen and oxygen atoms in total. The molecule has 0 amide bonds. The van der Waals surface area contributed by atoms with E-state index in [1.54, 1.807) is 22.5 Å². The number of fused-ring (bicyclic) bond motifs is 1. The van der Waals surface area contributed by atoms with E-state index in [4.69, 9.17) is 4.74 Å². The molecule has 2 heterocycles. The van der Waals surface area contributed by atoms with Gasteiger partial charge in [0.1, 0.15) is 5.75 Å². The summed E-state index contributed by atoms with van der Waals surface area (Å²) in [5.41, 5.74) is 2.64. The minimum Gasteiger partial charge on any atom is -0.493 e. The fraction of sp³-hybridized carbons (Fsp3) is 0.353. The lowest BCUT2D eigenvalue weighted by Crippen LogP contribution is -2.01. The zero-order chi connectivity index (χ0) is 16.2. The van der Waals surface area contributed by atoms with Gasteiger partial charge in [0.15, 0.2) is 0 Å². The number of aromatic nitrogens is 4. The van der Waals surface area contributed by atoms with Crippen molar-refractivity contribution in [3.63, 3.8) is 0 Å². The number of hydrogen-bond acceptors (Lipinski definition) is 5. The number of hydrogen-bond donors (Lipinski definition) is 0. The van der Waals surface area contributed by atoms with Gasteiger partial charge in [0.05, 0.1) is 6.61 Å². The van der Waals surface area contributed by atoms with Crippen molar-refractivity contribution in [2.24, 2.45) is 0 Å². The molecule has 23 heavy (non-hydrogen) atoms. The molecule has 3 aromatic rings. The van der Waals surface area contributed by atoms with Gasteiger partial charge in [-0.3, -0.25) is 0 Å². The van der Waals surface area contributed by atoms with Crippen LogP contribution >= 0.6 is 11.8 Å². The van der Waals surface area contributed by atoms with Gasteiger partial charge in [-0.1, -0.05) is 31.7 Å². The molecule has 3 rings (SSSR count). The second-order valence-corrected chi connectivity index (χ2v) is 6.69. The lowest BCUT2D eigenvalue weighted by molar-refractivity contribution is 0.343. The zero-order valence-electron chi connectivity index (χ0n) is 13.6. The quantitative estimate of drug-likeness (QED) is 0.510. The highest BCUT2D eigenvalue weighted by molar-refractivity contribution is 7.99. The Kier molecular flexibility index (Phi) is 4.81. The first kappa shape index (κ1) is 15.8. The predicted molar refractivity (Wildman–Crippen MR) is 92.3 cm³/mol. The fourth-order valence-electron chi connectivity index (χ4n) is 2.45. The summed E-state index contributed by atoms with van der Waals surface area (Å²) >= 11 is 1.57. The Morgan fingerprint density at radius 3 is 2.91 bits per heavy atom. The van der Waals surface area contributed by atoms with E-state index in [2.05, 4.69) is 48.0 Å². The summed E-state index contributed by atoms with van der Waals surface area (Å²) in [7, 11) is 0. The van der Waals surface area contributed by atoms with Crippen molar-refractivity contribution >= 4 is 17.5 Å². The Labute approximate surface area is 140 Å². The standard InChI is InChI=1S/C17H20N4OS/c1-12(2)15-6-5-14(11-13(15)3)22-9-10-23-17-19-16-18-7-4-8-21(16)20-17/h4-8,11-12H,9-10H2,1-3H3. The average molecular weight is 328 g/mol. The van der Waals surface area contributed by atoms with Crippen LogP contribution in [0.1, 0.15) is 30.9 Å². The van der Waals surface area contributed by atoms with Crippen molar-refractivity contribution in [3.8, 4) is 5.75 Å². The molecule has 0 spiro atoms. The first-order valence-electron chi connectivity index (χ1n) is 7.67. The molecule has 0 aliphatic heterocycles. The normalized spacial score (nSPS) is 11.3. The summed E-state index contributed by atoms with van der Waals surface area (Å²) in [4.78, 5) is 8.51. The van der Waals surface area contributed by atoms with E-state index in [0.717, 1.165) is 16.7 Å². The van der Waals surface area contributed by atoms with Gasteiger partial charge in [-0.25, -0.2) is 9.50 Å². The Bertz CT molecular complexity index is 767. The first-order valence-corrected chi connectivity index (χ1v) is 8.65. The molecule has 0 atom stereocenters. The van der Waals surface area contributed by atoms with Crippen molar-refractivity contribution in [3.05, 3.63) is 47.8 Å². The molecule has 6 heteroatoms. The topological polar surface area (TPSA) is 52.3 Å². The molecule has 0 radical (unpaired) electrons. The van der Waals surface area contributed by atoms with Crippen LogP contribution in [0.2, 0.25) is 0 Å². The van der Waals surface area contributed by atoms with Gasteiger partial charge in [-0.05, 0) is 42.2 Å². The van der Waals surface area contributed by atoms with Crippen molar-refractivity contribution in [2.75, 3.05) is 12.4 Å². The first-order chi connectivity index (χ1) is 11.1. The largest absolute Gasteiger partial charge is 0.493 e. The van der Waals surface area contributed by atoms with Crippen molar-refractivity contribution in [1.82, 2.24) is 19.6 Å². The predicted octanol–water partition coefficient (Wildman–Crippen LogP) is 3.73. The molecule has 0 aliphatic carbocycles. The summed E-state index contributed by atoms with van der Waals surface area (Å²) in [5.74, 6) is 2.87. The molecule has 0 aliphatic rings. The molecule has 0 saturated heterocycles. The number of aryl methyl sites for hydroxylation is 1. The summed E-state index contributed by atoms with van der Waals surface area (Å²) in [5, 5.41) is 5.07. The molecule has 0 N–H and O–H groups in total. The van der Waals surface area contributed by atoms with E-state index in [-0.39, 0.29) is 0 Å². The van der Waals surface area contributed by atoms with Gasteiger partial charge in [-0.15, -0.1) is 5.10 Å². The van der Waals surface area contributed by atoms with Crippen LogP contribution in [0, 0.1) is 6.92 Å². The van der Waals surface area contributed by atoms with Gasteiger partial charge in [0, 0.05) is 18.1 Å². The molecule has 1 aromatic carbocycles. The minimum absolute atomic E-state index is 0.536. The highest BCUT2D eigenvalue weighted by Gasteiger charge is 2.06. The van der Waals surface area contributed by atoms with E-state index >= 15 is 0 Å². The third-order valence-electron chi connectivity index (χ3n) is 3.54. The van der Waals surface area contributed by atoms with Crippen molar-refractivity contribution in [1.29, 1.82) is 0 Å². The Hall–Kier alpha value is -2.08. The maximum absolute atomic E-state index is 5.82. The van der Waals surface area contributed by atoms with Crippen LogP contribution in [0.3, 0.4) is 0 Å². The third kappa shape index (κ3) is 3.82. The van der Waals surface area contributed by atoms with Crippen molar-refractivity contribution < 1.29 is 4.74 Å². The van der Waals surface area contributed by atoms with Crippen LogP contribution in [0.4, 0.5) is 0 Å². The second kappa shape index (κ2) is 7.00. The highest BCUT2D eigenvalue weighted by Crippen LogP contribution is 2.23. The Balaban J connectivity index is 1.52. The maximum Gasteiger partial charge on any atom is 0.253 e. The third-order valence-corrected chi connectivity index (χ3v) is 4.35. The van der Waals surface area contributed by atoms with E-state index < -0.39 is 0 Å². The molecule has 0 bridgehead atoms. The van der Waals surface area contributed by atoms with Crippen LogP contribution in [0.5, 0.6) is 5.75 Å². The summed E-state index contributed by atoms with van der Waals surface area (Å²) < 4.78 is 7.50. The van der Waals surface area contributed by atoms with Gasteiger partial charge in [-0.2, -0.15) is 4.98 Å². The van der Waals surface area contributed by atoms with Gasteiger partial charge < -0.3 is 4.74 Å². The summed E-state index contributed by atoms with van der Waals surface area (Å²) in [6, 6.07) is 8.13. The van der Waals surface area contributed by atoms with E-state index in [1.807, 2.05) is 18.3 Å². The average Bonchev–Trinajstić information content (AvgIpc) is 2.94. The number of benzene rings is 1. The van der Waals surface area contributed by atoms with Crippen LogP contribution in [-0.4, -0.2) is 31.9 Å². The molecule has 0 saturated carbocycles. The highest BCUT2D eigenvalue weighted by atomic mass is 32.2. The minimum atomic E-state index is 0.536. The molecule has 2 aromatic heterocycles. The van der Waals surface area contributed by atoms with Gasteiger partial charge in [0.2, 0.25) is 5.16 Å². The molecular weight excluding hydrogens is 308 g/mol. The Morgan fingerprint density at radius 2 is 2.17 bits per heavy atom. The van der Waals surface area contributed by atoms with Crippen LogP contribution in [0.25, 0.3) is 5.78 Å². The second-order valence-electron chi connectivity index (χ2n) is 5.63. The van der Waals surface area contributed by atoms with Gasteiger partial charge >= 0.3 is 0 Å². The molecular formula is C17H20N4OS. The summed E-state index contributed by atoms with van der Waals surface area (Å²) in [6.45, 7) is 7.16. The molecule has 120 valence electrons. The van der Waals surface area contributed by atoms with E-state index in [1.165, 1.54) is 11.1 Å². The van der Waals surface area contributed by atoms with Crippen LogP contribution < -0.4 is 4.74 Å². The summed E-state index contributed by atoms with van der Waals surface area (Å²) in [6.07, 6.45) is 3.56. The van der Waals surface area contributed by atoms with Gasteiger partial charge in [0.25, 0.3) is 5.78 Å². The SMILES string of the molecule is Cc1cc(OCCSc2nc3ncccn3n2)ccc1C(C)C. The molecule has 0 unspecified atom stereocenters. The maximum atomic E-state index is 5.82. The zero-order valence-corrected chi connectivity index (χ0v) is 14.4. The fourth-order valence-corrected chi connectivity index (χ4v) is 3.09. The van der Waals surface area contributed by atoms with E-state index in [0.29, 0.717) is 18.3 Å². The molecule has 0 fully saturated rings.